The monoisotopic (exact) mass is 328 g/mol. The first-order valence-corrected chi connectivity index (χ1v) is 9.28. The Bertz CT molecular complexity index is 700. The quantitative estimate of drug-likeness (QED) is 0.866. The SMILES string of the molecule is O=C1CC(c2nnc3n2CCSCC3)CN1Cc1ccccc1. The summed E-state index contributed by atoms with van der Waals surface area (Å²) in [5, 5.41) is 8.79. The molecule has 0 aliphatic carbocycles. The molecule has 3 heterocycles. The molecule has 1 unspecified atom stereocenters. The number of fused-ring (bicyclic) bond motifs is 1. The molecule has 1 amide bonds. The number of carbonyl (C=O) groups excluding carboxylic acids is 1. The minimum Gasteiger partial charge on any atom is -0.338 e. The molecule has 1 fully saturated rings. The first kappa shape index (κ1) is 14.8. The second-order valence-electron chi connectivity index (χ2n) is 6.15. The molecule has 1 atom stereocenters. The second-order valence-corrected chi connectivity index (χ2v) is 7.37. The van der Waals surface area contributed by atoms with Gasteiger partial charge < -0.3 is 9.47 Å². The first-order chi connectivity index (χ1) is 11.3. The van der Waals surface area contributed by atoms with Crippen LogP contribution in [0.2, 0.25) is 0 Å². The number of rotatable bonds is 3. The maximum absolute atomic E-state index is 12.4. The number of thioether (sulfide) groups is 1. The van der Waals surface area contributed by atoms with Crippen molar-refractivity contribution in [1.82, 2.24) is 19.7 Å². The molecule has 23 heavy (non-hydrogen) atoms. The molecule has 0 radical (unpaired) electrons. The Morgan fingerprint density at radius 1 is 1.17 bits per heavy atom. The Kier molecular flexibility index (Phi) is 4.08. The van der Waals surface area contributed by atoms with Crippen LogP contribution < -0.4 is 0 Å². The number of aromatic nitrogens is 3. The molecule has 0 N–H and O–H groups in total. The number of amides is 1. The average Bonchev–Trinajstić information content (AvgIpc) is 3.04. The highest BCUT2D eigenvalue weighted by Gasteiger charge is 2.34. The summed E-state index contributed by atoms with van der Waals surface area (Å²) in [5.74, 6) is 4.70. The van der Waals surface area contributed by atoms with Gasteiger partial charge in [-0.1, -0.05) is 30.3 Å². The first-order valence-electron chi connectivity index (χ1n) is 8.12. The Morgan fingerprint density at radius 2 is 2.04 bits per heavy atom. The van der Waals surface area contributed by atoms with Gasteiger partial charge in [0, 0.05) is 49.9 Å². The Balaban J connectivity index is 1.51. The van der Waals surface area contributed by atoms with Crippen molar-refractivity contribution in [1.29, 1.82) is 0 Å². The molecule has 1 saturated heterocycles. The van der Waals surface area contributed by atoms with Crippen LogP contribution in [-0.2, 0) is 24.3 Å². The largest absolute Gasteiger partial charge is 0.338 e. The molecule has 0 spiro atoms. The van der Waals surface area contributed by atoms with E-state index in [1.165, 1.54) is 5.56 Å². The molecule has 0 bridgehead atoms. The third kappa shape index (κ3) is 3.00. The van der Waals surface area contributed by atoms with Crippen LogP contribution >= 0.6 is 11.8 Å². The summed E-state index contributed by atoms with van der Waals surface area (Å²) in [6.07, 6.45) is 1.53. The minimum atomic E-state index is 0.176. The van der Waals surface area contributed by atoms with Crippen molar-refractivity contribution < 1.29 is 4.79 Å². The van der Waals surface area contributed by atoms with Gasteiger partial charge in [0.1, 0.15) is 11.6 Å². The van der Waals surface area contributed by atoms with Gasteiger partial charge in [0.05, 0.1) is 0 Å². The molecule has 4 rings (SSSR count). The summed E-state index contributed by atoms with van der Waals surface area (Å²) >= 11 is 1.97. The number of nitrogens with zero attached hydrogens (tertiary/aromatic N) is 4. The van der Waals surface area contributed by atoms with Crippen LogP contribution in [0.5, 0.6) is 0 Å². The van der Waals surface area contributed by atoms with E-state index in [9.17, 15) is 4.79 Å². The zero-order valence-corrected chi connectivity index (χ0v) is 13.8. The molecule has 2 aliphatic heterocycles. The Labute approximate surface area is 140 Å². The van der Waals surface area contributed by atoms with E-state index in [0.29, 0.717) is 13.0 Å². The van der Waals surface area contributed by atoms with Gasteiger partial charge in [0.2, 0.25) is 5.91 Å². The molecule has 1 aromatic heterocycles. The zero-order chi connectivity index (χ0) is 15.6. The maximum atomic E-state index is 12.4. The summed E-state index contributed by atoms with van der Waals surface area (Å²) in [7, 11) is 0. The van der Waals surface area contributed by atoms with Gasteiger partial charge in [0.15, 0.2) is 0 Å². The van der Waals surface area contributed by atoms with Crippen LogP contribution in [0.15, 0.2) is 30.3 Å². The molecule has 5 nitrogen and oxygen atoms in total. The lowest BCUT2D eigenvalue weighted by atomic mass is 10.1. The topological polar surface area (TPSA) is 51.0 Å². The fourth-order valence-corrected chi connectivity index (χ4v) is 4.25. The predicted octanol–water partition coefficient (Wildman–Crippen LogP) is 2.08. The number of aryl methyl sites for hydroxylation is 1. The highest BCUT2D eigenvalue weighted by Crippen LogP contribution is 2.29. The lowest BCUT2D eigenvalue weighted by Gasteiger charge is -2.17. The van der Waals surface area contributed by atoms with Gasteiger partial charge in [-0.05, 0) is 5.56 Å². The van der Waals surface area contributed by atoms with Gasteiger partial charge in [0.25, 0.3) is 0 Å². The Morgan fingerprint density at radius 3 is 2.91 bits per heavy atom. The molecular formula is C17H20N4OS. The average molecular weight is 328 g/mol. The summed E-state index contributed by atoms with van der Waals surface area (Å²) in [6, 6.07) is 10.2. The minimum absolute atomic E-state index is 0.176. The van der Waals surface area contributed by atoms with E-state index < -0.39 is 0 Å². The van der Waals surface area contributed by atoms with Gasteiger partial charge in [-0.3, -0.25) is 4.79 Å². The fourth-order valence-electron chi connectivity index (χ4n) is 3.40. The smallest absolute Gasteiger partial charge is 0.223 e. The van der Waals surface area contributed by atoms with E-state index >= 15 is 0 Å². The van der Waals surface area contributed by atoms with Crippen molar-refractivity contribution in [3.8, 4) is 0 Å². The summed E-state index contributed by atoms with van der Waals surface area (Å²) in [4.78, 5) is 14.3. The zero-order valence-electron chi connectivity index (χ0n) is 13.0. The third-order valence-electron chi connectivity index (χ3n) is 4.58. The van der Waals surface area contributed by atoms with Crippen LogP contribution in [0, 0.1) is 0 Å². The van der Waals surface area contributed by atoms with E-state index in [-0.39, 0.29) is 11.8 Å². The molecule has 0 saturated carbocycles. The van der Waals surface area contributed by atoms with Crippen molar-refractivity contribution in [3.63, 3.8) is 0 Å². The van der Waals surface area contributed by atoms with Crippen LogP contribution in [0.25, 0.3) is 0 Å². The van der Waals surface area contributed by atoms with Crippen molar-refractivity contribution in [2.75, 3.05) is 18.1 Å². The second kappa shape index (κ2) is 6.35. The highest BCUT2D eigenvalue weighted by molar-refractivity contribution is 7.99. The standard InChI is InChI=1S/C17H20N4OS/c22-16-10-14(12-20(16)11-13-4-2-1-3-5-13)17-19-18-15-6-8-23-9-7-21(15)17/h1-5,14H,6-12H2. The van der Waals surface area contributed by atoms with Crippen molar-refractivity contribution >= 4 is 17.7 Å². The van der Waals surface area contributed by atoms with E-state index in [4.69, 9.17) is 0 Å². The fraction of sp³-hybridized carbons (Fsp3) is 0.471. The molecule has 120 valence electrons. The predicted molar refractivity (Wildman–Crippen MR) is 90.3 cm³/mol. The van der Waals surface area contributed by atoms with E-state index in [1.54, 1.807) is 0 Å². The maximum Gasteiger partial charge on any atom is 0.223 e. The van der Waals surface area contributed by atoms with Crippen LogP contribution in [0.3, 0.4) is 0 Å². The number of benzene rings is 1. The van der Waals surface area contributed by atoms with Crippen LogP contribution in [0.4, 0.5) is 0 Å². The number of carbonyl (C=O) groups is 1. The van der Waals surface area contributed by atoms with E-state index in [2.05, 4.69) is 26.9 Å². The Hall–Kier alpha value is -1.82. The highest BCUT2D eigenvalue weighted by atomic mass is 32.2. The van der Waals surface area contributed by atoms with Crippen LogP contribution in [-0.4, -0.2) is 43.6 Å². The molecule has 6 heteroatoms. The van der Waals surface area contributed by atoms with E-state index in [1.807, 2.05) is 34.9 Å². The van der Waals surface area contributed by atoms with Gasteiger partial charge in [-0.2, -0.15) is 11.8 Å². The lowest BCUT2D eigenvalue weighted by molar-refractivity contribution is -0.128. The molecule has 2 aliphatic rings. The van der Waals surface area contributed by atoms with Gasteiger partial charge in [-0.15, -0.1) is 10.2 Å². The lowest BCUT2D eigenvalue weighted by Crippen LogP contribution is -2.24. The van der Waals surface area contributed by atoms with Crippen LogP contribution in [0.1, 0.15) is 29.6 Å². The van der Waals surface area contributed by atoms with E-state index in [0.717, 1.165) is 42.7 Å². The summed E-state index contributed by atoms with van der Waals surface area (Å²) in [5.41, 5.74) is 1.18. The summed E-state index contributed by atoms with van der Waals surface area (Å²) in [6.45, 7) is 2.40. The summed E-state index contributed by atoms with van der Waals surface area (Å²) < 4.78 is 2.25. The van der Waals surface area contributed by atoms with Crippen molar-refractivity contribution in [2.45, 2.75) is 31.8 Å². The molecule has 1 aromatic carbocycles. The number of hydrogen-bond acceptors (Lipinski definition) is 4. The number of hydrogen-bond donors (Lipinski definition) is 0. The molecule has 2 aromatic rings. The molecular weight excluding hydrogens is 308 g/mol. The van der Waals surface area contributed by atoms with Gasteiger partial charge >= 0.3 is 0 Å². The normalized spacial score (nSPS) is 21.3. The van der Waals surface area contributed by atoms with Crippen molar-refractivity contribution in [2.24, 2.45) is 0 Å². The third-order valence-corrected chi connectivity index (χ3v) is 5.55. The van der Waals surface area contributed by atoms with Crippen molar-refractivity contribution in [3.05, 3.63) is 47.5 Å². The van der Waals surface area contributed by atoms with Gasteiger partial charge in [-0.25, -0.2) is 0 Å². The number of likely N-dealkylation sites (tertiary alicyclic amines) is 1.